The molecule has 0 aromatic heterocycles. The van der Waals surface area contributed by atoms with Crippen LogP contribution in [-0.4, -0.2) is 35.0 Å². The van der Waals surface area contributed by atoms with Crippen LogP contribution in [0, 0.1) is 0 Å². The molecule has 2 heteroatoms. The predicted molar refractivity (Wildman–Crippen MR) is 82.8 cm³/mol. The average Bonchev–Trinajstić information content (AvgIpc) is 2.66. The van der Waals surface area contributed by atoms with E-state index in [1.165, 1.54) is 36.2 Å². The second-order valence-electron chi connectivity index (χ2n) is 6.27. The third kappa shape index (κ3) is 3.30. The van der Waals surface area contributed by atoms with Gasteiger partial charge in [0.2, 0.25) is 0 Å². The summed E-state index contributed by atoms with van der Waals surface area (Å²) >= 11 is 0. The second-order valence-corrected chi connectivity index (χ2v) is 6.27. The van der Waals surface area contributed by atoms with E-state index in [9.17, 15) is 0 Å². The Kier molecular flexibility index (Phi) is 4.51. The minimum Gasteiger partial charge on any atom is -0.346 e. The van der Waals surface area contributed by atoms with Gasteiger partial charge >= 0.3 is 0 Å². The summed E-state index contributed by atoms with van der Waals surface area (Å²) in [5.74, 6) is 0. The zero-order valence-electron chi connectivity index (χ0n) is 12.6. The van der Waals surface area contributed by atoms with Crippen molar-refractivity contribution in [2.75, 3.05) is 13.1 Å². The smallest absolute Gasteiger partial charge is 0.0444 e. The highest BCUT2D eigenvalue weighted by Crippen LogP contribution is 2.29. The highest BCUT2D eigenvalue weighted by Gasteiger charge is 2.26. The zero-order valence-corrected chi connectivity index (χ0v) is 12.6. The SMILES string of the molecule is C=C(CN1C(=C)CCC1=C)CN1C(C)CCCC1C. The predicted octanol–water partition coefficient (Wildman–Crippen LogP) is 3.93. The number of allylic oxidation sites excluding steroid dienone is 2. The van der Waals surface area contributed by atoms with Crippen LogP contribution < -0.4 is 0 Å². The van der Waals surface area contributed by atoms with Crippen LogP contribution in [0.25, 0.3) is 0 Å². The topological polar surface area (TPSA) is 6.48 Å². The highest BCUT2D eigenvalue weighted by molar-refractivity contribution is 5.19. The molecule has 2 fully saturated rings. The third-order valence-corrected chi connectivity index (χ3v) is 4.63. The van der Waals surface area contributed by atoms with E-state index in [-0.39, 0.29) is 0 Å². The number of likely N-dealkylation sites (tertiary alicyclic amines) is 2. The van der Waals surface area contributed by atoms with Crippen molar-refractivity contribution in [3.8, 4) is 0 Å². The van der Waals surface area contributed by atoms with Gasteiger partial charge in [0.1, 0.15) is 0 Å². The molecule has 2 aliphatic rings. The first-order valence-corrected chi connectivity index (χ1v) is 7.54. The van der Waals surface area contributed by atoms with Crippen molar-refractivity contribution in [2.45, 2.75) is 58.0 Å². The molecule has 0 aromatic carbocycles. The summed E-state index contributed by atoms with van der Waals surface area (Å²) < 4.78 is 0. The second kappa shape index (κ2) is 5.96. The summed E-state index contributed by atoms with van der Waals surface area (Å²) in [6.07, 6.45) is 6.12. The van der Waals surface area contributed by atoms with Gasteiger partial charge in [-0.2, -0.15) is 0 Å². The van der Waals surface area contributed by atoms with Crippen LogP contribution in [0.5, 0.6) is 0 Å². The van der Waals surface area contributed by atoms with Crippen LogP contribution >= 0.6 is 0 Å². The van der Waals surface area contributed by atoms with Crippen LogP contribution in [-0.2, 0) is 0 Å². The quantitative estimate of drug-likeness (QED) is 0.707. The van der Waals surface area contributed by atoms with E-state index in [1.807, 2.05) is 0 Å². The van der Waals surface area contributed by atoms with Crippen LogP contribution in [0.3, 0.4) is 0 Å². The lowest BCUT2D eigenvalue weighted by molar-refractivity contribution is 0.114. The molecule has 2 saturated heterocycles. The van der Waals surface area contributed by atoms with E-state index >= 15 is 0 Å². The first-order valence-electron chi connectivity index (χ1n) is 7.54. The van der Waals surface area contributed by atoms with E-state index in [2.05, 4.69) is 43.4 Å². The van der Waals surface area contributed by atoms with Crippen molar-refractivity contribution < 1.29 is 0 Å². The van der Waals surface area contributed by atoms with Crippen molar-refractivity contribution in [1.82, 2.24) is 9.80 Å². The van der Waals surface area contributed by atoms with Gasteiger partial charge in [-0.15, -0.1) is 0 Å². The molecule has 2 nitrogen and oxygen atoms in total. The van der Waals surface area contributed by atoms with Crippen molar-refractivity contribution in [3.05, 3.63) is 36.7 Å². The first kappa shape index (κ1) is 14.4. The van der Waals surface area contributed by atoms with E-state index in [1.54, 1.807) is 0 Å². The standard InChI is InChI=1S/C17H28N2/c1-13(12-19-16(4)9-10-17(19)5)11-18-14(2)7-6-8-15(18)3/h14-15H,1,4-12H2,2-3H3. The Bertz CT molecular complexity index is 357. The lowest BCUT2D eigenvalue weighted by Crippen LogP contribution is -2.45. The lowest BCUT2D eigenvalue weighted by Gasteiger charge is -2.40. The van der Waals surface area contributed by atoms with E-state index in [0.29, 0.717) is 12.1 Å². The van der Waals surface area contributed by atoms with Crippen molar-refractivity contribution in [1.29, 1.82) is 0 Å². The molecule has 0 spiro atoms. The summed E-state index contributed by atoms with van der Waals surface area (Å²) in [5.41, 5.74) is 3.68. The molecule has 2 unspecified atom stereocenters. The maximum atomic E-state index is 4.28. The van der Waals surface area contributed by atoms with E-state index in [0.717, 1.165) is 25.9 Å². The zero-order chi connectivity index (χ0) is 14.0. The average molecular weight is 260 g/mol. The molecule has 0 saturated carbocycles. The van der Waals surface area contributed by atoms with Gasteiger partial charge < -0.3 is 4.90 Å². The van der Waals surface area contributed by atoms with Gasteiger partial charge in [0, 0.05) is 36.6 Å². The largest absolute Gasteiger partial charge is 0.346 e. The maximum Gasteiger partial charge on any atom is 0.0444 e. The van der Waals surface area contributed by atoms with Crippen molar-refractivity contribution in [3.63, 3.8) is 0 Å². The normalized spacial score (nSPS) is 29.1. The molecular formula is C17H28N2. The Balaban J connectivity index is 1.90. The fourth-order valence-electron chi connectivity index (χ4n) is 3.32. The van der Waals surface area contributed by atoms with Gasteiger partial charge in [-0.05, 0) is 45.1 Å². The number of hydrogen-bond acceptors (Lipinski definition) is 2. The Morgan fingerprint density at radius 2 is 1.58 bits per heavy atom. The summed E-state index contributed by atoms with van der Waals surface area (Å²) in [6, 6.07) is 1.37. The molecule has 0 aromatic rings. The van der Waals surface area contributed by atoms with Crippen molar-refractivity contribution >= 4 is 0 Å². The Hall–Kier alpha value is -1.02. The molecule has 0 aliphatic carbocycles. The Labute approximate surface area is 118 Å². The molecular weight excluding hydrogens is 232 g/mol. The Morgan fingerprint density at radius 3 is 2.11 bits per heavy atom. The summed E-state index contributed by atoms with van der Waals surface area (Å²) in [7, 11) is 0. The van der Waals surface area contributed by atoms with Crippen molar-refractivity contribution in [2.24, 2.45) is 0 Å². The molecule has 2 atom stereocenters. The molecule has 2 heterocycles. The van der Waals surface area contributed by atoms with Crippen LogP contribution in [0.2, 0.25) is 0 Å². The van der Waals surface area contributed by atoms with Gasteiger partial charge in [-0.1, -0.05) is 26.2 Å². The molecule has 0 bridgehead atoms. The summed E-state index contributed by atoms with van der Waals surface area (Å²) in [4.78, 5) is 4.86. The minimum absolute atomic E-state index is 0.686. The third-order valence-electron chi connectivity index (χ3n) is 4.63. The van der Waals surface area contributed by atoms with Gasteiger partial charge in [0.25, 0.3) is 0 Å². The number of piperidine rings is 1. The van der Waals surface area contributed by atoms with Crippen LogP contribution in [0.1, 0.15) is 46.0 Å². The first-order chi connectivity index (χ1) is 8.99. The van der Waals surface area contributed by atoms with Gasteiger partial charge in [0.05, 0.1) is 0 Å². The van der Waals surface area contributed by atoms with E-state index < -0.39 is 0 Å². The molecule has 0 N–H and O–H groups in total. The minimum atomic E-state index is 0.686. The number of nitrogens with zero attached hydrogens (tertiary/aromatic N) is 2. The molecule has 19 heavy (non-hydrogen) atoms. The maximum absolute atomic E-state index is 4.28. The molecule has 0 radical (unpaired) electrons. The van der Waals surface area contributed by atoms with Gasteiger partial charge in [0.15, 0.2) is 0 Å². The lowest BCUT2D eigenvalue weighted by atomic mass is 9.97. The van der Waals surface area contributed by atoms with E-state index in [4.69, 9.17) is 0 Å². The molecule has 2 rings (SSSR count). The van der Waals surface area contributed by atoms with Gasteiger partial charge in [-0.25, -0.2) is 0 Å². The fourth-order valence-corrected chi connectivity index (χ4v) is 3.32. The molecule has 106 valence electrons. The monoisotopic (exact) mass is 260 g/mol. The van der Waals surface area contributed by atoms with Crippen LogP contribution in [0.15, 0.2) is 36.7 Å². The Morgan fingerprint density at radius 1 is 1.05 bits per heavy atom. The molecule has 0 amide bonds. The number of rotatable bonds is 4. The number of hydrogen-bond donors (Lipinski definition) is 0. The van der Waals surface area contributed by atoms with Gasteiger partial charge in [-0.3, -0.25) is 4.90 Å². The van der Waals surface area contributed by atoms with Crippen LogP contribution in [0.4, 0.5) is 0 Å². The summed E-state index contributed by atoms with van der Waals surface area (Å²) in [6.45, 7) is 19.1. The molecule has 2 aliphatic heterocycles. The fraction of sp³-hybridized carbons (Fsp3) is 0.647. The highest BCUT2D eigenvalue weighted by atomic mass is 15.2. The summed E-state index contributed by atoms with van der Waals surface area (Å²) in [5, 5.41) is 0.